The summed E-state index contributed by atoms with van der Waals surface area (Å²) in [6.07, 6.45) is -0.150. The number of hydrogen-bond acceptors (Lipinski definition) is 6. The molecule has 1 aromatic heterocycles. The highest BCUT2D eigenvalue weighted by Gasteiger charge is 2.35. The molecule has 1 aliphatic rings. The second-order valence-corrected chi connectivity index (χ2v) is 9.49. The molecule has 4 N–H and O–H groups in total. The molecule has 4 aromatic rings. The van der Waals surface area contributed by atoms with Crippen molar-refractivity contribution in [2.45, 2.75) is 29.1 Å². The van der Waals surface area contributed by atoms with Gasteiger partial charge in [-0.1, -0.05) is 59.8 Å². The van der Waals surface area contributed by atoms with Crippen LogP contribution in [0.3, 0.4) is 0 Å². The standard InChI is InChI=1S/C27H23N5O3S/c1-16-11-13-17(14-12-16)28-27-31-24-23(26(35)32-27)19(15-22(33)30-24)25(34)29-20-9-5-6-10-21(20)36-18-7-3-2-4-8-18/h2-14,19H,15H2,1H3,(H,29,34)(H3,28,30,31,32,33,35)/t19-/m1/s1. The van der Waals surface area contributed by atoms with Gasteiger partial charge < -0.3 is 16.0 Å². The minimum Gasteiger partial charge on any atom is -0.326 e. The van der Waals surface area contributed by atoms with Crippen LogP contribution < -0.4 is 21.5 Å². The third-order valence-corrected chi connectivity index (χ3v) is 6.78. The molecule has 0 spiro atoms. The van der Waals surface area contributed by atoms with E-state index < -0.39 is 17.4 Å². The quantitative estimate of drug-likeness (QED) is 0.297. The third kappa shape index (κ3) is 5.16. The number of carbonyl (C=O) groups is 2. The number of fused-ring (bicyclic) bond motifs is 1. The van der Waals surface area contributed by atoms with Crippen LogP contribution in [0.15, 0.2) is 93.4 Å². The molecule has 1 aliphatic heterocycles. The number of carbonyl (C=O) groups excluding carboxylic acids is 2. The normalized spacial score (nSPS) is 14.5. The molecule has 36 heavy (non-hydrogen) atoms. The number of nitrogens with one attached hydrogen (secondary N) is 4. The smallest absolute Gasteiger partial charge is 0.258 e. The average molecular weight is 498 g/mol. The molecule has 0 aliphatic carbocycles. The van der Waals surface area contributed by atoms with Crippen LogP contribution in [0.1, 0.15) is 23.5 Å². The summed E-state index contributed by atoms with van der Waals surface area (Å²) in [6, 6.07) is 24.8. The van der Waals surface area contributed by atoms with Gasteiger partial charge in [-0.2, -0.15) is 4.98 Å². The summed E-state index contributed by atoms with van der Waals surface area (Å²) < 4.78 is 0. The van der Waals surface area contributed by atoms with E-state index in [4.69, 9.17) is 0 Å². The molecule has 180 valence electrons. The monoisotopic (exact) mass is 497 g/mol. The van der Waals surface area contributed by atoms with Crippen LogP contribution >= 0.6 is 11.8 Å². The summed E-state index contributed by atoms with van der Waals surface area (Å²) in [5.41, 5.74) is 2.08. The van der Waals surface area contributed by atoms with Gasteiger partial charge in [-0.3, -0.25) is 19.4 Å². The lowest BCUT2D eigenvalue weighted by Crippen LogP contribution is -2.36. The Morgan fingerprint density at radius 3 is 2.47 bits per heavy atom. The van der Waals surface area contributed by atoms with E-state index in [1.165, 1.54) is 11.8 Å². The zero-order valence-corrected chi connectivity index (χ0v) is 20.2. The van der Waals surface area contributed by atoms with Gasteiger partial charge >= 0.3 is 0 Å². The Morgan fingerprint density at radius 2 is 1.69 bits per heavy atom. The lowest BCUT2D eigenvalue weighted by atomic mass is 9.92. The Bertz CT molecular complexity index is 1490. The van der Waals surface area contributed by atoms with Crippen molar-refractivity contribution in [1.29, 1.82) is 0 Å². The van der Waals surface area contributed by atoms with Gasteiger partial charge in [-0.15, -0.1) is 0 Å². The molecule has 3 aromatic carbocycles. The van der Waals surface area contributed by atoms with Crippen LogP contribution in [-0.4, -0.2) is 21.8 Å². The highest BCUT2D eigenvalue weighted by molar-refractivity contribution is 7.99. The van der Waals surface area contributed by atoms with Gasteiger partial charge in [0.1, 0.15) is 5.82 Å². The molecule has 0 bridgehead atoms. The highest BCUT2D eigenvalue weighted by atomic mass is 32.2. The molecular formula is C27H23N5O3S. The molecule has 0 fully saturated rings. The lowest BCUT2D eigenvalue weighted by Gasteiger charge is -2.24. The van der Waals surface area contributed by atoms with E-state index in [1.54, 1.807) is 6.07 Å². The molecular weight excluding hydrogens is 474 g/mol. The number of nitrogens with zero attached hydrogens (tertiary/aromatic N) is 1. The van der Waals surface area contributed by atoms with Gasteiger partial charge in [-0.05, 0) is 43.3 Å². The van der Waals surface area contributed by atoms with Crippen LogP contribution in [0.5, 0.6) is 0 Å². The number of amides is 2. The first-order valence-corrected chi connectivity index (χ1v) is 12.2. The number of rotatable bonds is 6. The number of benzene rings is 3. The summed E-state index contributed by atoms with van der Waals surface area (Å²) in [7, 11) is 0. The van der Waals surface area contributed by atoms with E-state index in [2.05, 4.69) is 25.9 Å². The minimum absolute atomic E-state index is 0.0803. The molecule has 1 atom stereocenters. The summed E-state index contributed by atoms with van der Waals surface area (Å²) in [5.74, 6) is -1.55. The first-order valence-electron chi connectivity index (χ1n) is 11.4. The Kier molecular flexibility index (Phi) is 6.55. The van der Waals surface area contributed by atoms with Crippen molar-refractivity contribution in [2.24, 2.45) is 0 Å². The molecule has 0 saturated heterocycles. The summed E-state index contributed by atoms with van der Waals surface area (Å²) in [6.45, 7) is 1.97. The van der Waals surface area contributed by atoms with Crippen molar-refractivity contribution >= 4 is 46.7 Å². The number of aryl methyl sites for hydroxylation is 1. The van der Waals surface area contributed by atoms with Crippen molar-refractivity contribution in [3.63, 3.8) is 0 Å². The summed E-state index contributed by atoms with van der Waals surface area (Å²) in [5, 5.41) is 8.58. The Balaban J connectivity index is 1.41. The van der Waals surface area contributed by atoms with Crippen molar-refractivity contribution in [2.75, 3.05) is 16.0 Å². The zero-order chi connectivity index (χ0) is 25.1. The molecule has 5 rings (SSSR count). The highest BCUT2D eigenvalue weighted by Crippen LogP contribution is 2.35. The predicted molar refractivity (Wildman–Crippen MR) is 141 cm³/mol. The minimum atomic E-state index is -0.979. The number of aromatic amines is 1. The Labute approximate surface area is 211 Å². The summed E-state index contributed by atoms with van der Waals surface area (Å²) in [4.78, 5) is 47.8. The maximum Gasteiger partial charge on any atom is 0.258 e. The molecule has 2 heterocycles. The van der Waals surface area contributed by atoms with Crippen molar-refractivity contribution in [1.82, 2.24) is 9.97 Å². The van der Waals surface area contributed by atoms with Gasteiger partial charge in [0.25, 0.3) is 5.56 Å². The first-order chi connectivity index (χ1) is 17.5. The lowest BCUT2D eigenvalue weighted by molar-refractivity contribution is -0.123. The predicted octanol–water partition coefficient (Wildman–Crippen LogP) is 5.04. The van der Waals surface area contributed by atoms with Crippen LogP contribution in [-0.2, 0) is 9.59 Å². The fraction of sp³-hybridized carbons (Fsp3) is 0.111. The number of aromatic nitrogens is 2. The number of para-hydroxylation sites is 1. The fourth-order valence-corrected chi connectivity index (χ4v) is 4.85. The zero-order valence-electron chi connectivity index (χ0n) is 19.4. The van der Waals surface area contributed by atoms with Crippen molar-refractivity contribution in [3.05, 3.63) is 100 Å². The van der Waals surface area contributed by atoms with Crippen LogP contribution in [0.4, 0.5) is 23.1 Å². The van der Waals surface area contributed by atoms with Crippen molar-refractivity contribution in [3.8, 4) is 0 Å². The Hall–Kier alpha value is -4.37. The topological polar surface area (TPSA) is 116 Å². The molecule has 2 amide bonds. The first kappa shape index (κ1) is 23.4. The molecule has 0 unspecified atom stereocenters. The summed E-state index contributed by atoms with van der Waals surface area (Å²) >= 11 is 1.51. The van der Waals surface area contributed by atoms with E-state index in [-0.39, 0.29) is 29.7 Å². The number of H-pyrrole nitrogens is 1. The van der Waals surface area contributed by atoms with Gasteiger partial charge in [0.05, 0.1) is 17.2 Å². The SMILES string of the molecule is Cc1ccc(Nc2nc3c(c(=O)[nH]2)[C@H](C(=O)Nc2ccccc2Sc2ccccc2)CC(=O)N3)cc1. The maximum absolute atomic E-state index is 13.3. The van der Waals surface area contributed by atoms with E-state index in [0.717, 1.165) is 21.0 Å². The van der Waals surface area contributed by atoms with E-state index in [0.29, 0.717) is 5.69 Å². The second kappa shape index (κ2) is 10.1. The van der Waals surface area contributed by atoms with Crippen LogP contribution in [0.2, 0.25) is 0 Å². The fourth-order valence-electron chi connectivity index (χ4n) is 3.92. The Morgan fingerprint density at radius 1 is 0.972 bits per heavy atom. The van der Waals surface area contributed by atoms with Gasteiger partial charge in [0, 0.05) is 21.9 Å². The van der Waals surface area contributed by atoms with Crippen LogP contribution in [0, 0.1) is 6.92 Å². The molecule has 9 heteroatoms. The third-order valence-electron chi connectivity index (χ3n) is 5.70. The van der Waals surface area contributed by atoms with E-state index in [1.807, 2.05) is 79.7 Å². The molecule has 0 saturated carbocycles. The van der Waals surface area contributed by atoms with E-state index in [9.17, 15) is 14.4 Å². The van der Waals surface area contributed by atoms with Gasteiger partial charge in [-0.25, -0.2) is 0 Å². The van der Waals surface area contributed by atoms with Crippen LogP contribution in [0.25, 0.3) is 0 Å². The number of anilines is 4. The van der Waals surface area contributed by atoms with Gasteiger partial charge in [0.2, 0.25) is 17.8 Å². The second-order valence-electron chi connectivity index (χ2n) is 8.37. The largest absolute Gasteiger partial charge is 0.326 e. The van der Waals surface area contributed by atoms with Gasteiger partial charge in [0.15, 0.2) is 0 Å². The molecule has 0 radical (unpaired) electrons. The maximum atomic E-state index is 13.3. The number of hydrogen-bond donors (Lipinski definition) is 4. The van der Waals surface area contributed by atoms with Crippen molar-refractivity contribution < 1.29 is 9.59 Å². The molecule has 8 nitrogen and oxygen atoms in total. The average Bonchev–Trinajstić information content (AvgIpc) is 2.86. The van der Waals surface area contributed by atoms with E-state index >= 15 is 0 Å².